The van der Waals surface area contributed by atoms with Gasteiger partial charge in [-0.15, -0.1) is 6.58 Å². The van der Waals surface area contributed by atoms with Crippen molar-refractivity contribution in [3.8, 4) is 0 Å². The van der Waals surface area contributed by atoms with Crippen LogP contribution in [-0.2, 0) is 4.79 Å². The molecule has 0 radical (unpaired) electrons. The number of hydrogen-bond acceptors (Lipinski definition) is 2. The van der Waals surface area contributed by atoms with Crippen LogP contribution in [0, 0.1) is 0 Å². The molecule has 1 rings (SSSR count). The number of carbonyl (C=O) groups excluding carboxylic acids is 1. The fourth-order valence-corrected chi connectivity index (χ4v) is 0.771. The Morgan fingerprint density at radius 1 is 1.83 bits per heavy atom. The summed E-state index contributed by atoms with van der Waals surface area (Å²) in [7, 11) is 0. The quantitative estimate of drug-likeness (QED) is 0.661. The molecule has 4 heteroatoms. The third-order valence-corrected chi connectivity index (χ3v) is 1.35. The number of amides is 1. The molecular weight excluding hydrogens is 154 g/mol. The Morgan fingerprint density at radius 3 is 3.25 bits per heavy atom. The number of allylic oxidation sites excluding steroid dienone is 1. The van der Waals surface area contributed by atoms with E-state index < -0.39 is 0 Å². The van der Waals surface area contributed by atoms with E-state index in [2.05, 4.69) is 22.1 Å². The van der Waals surface area contributed by atoms with Gasteiger partial charge in [-0.2, -0.15) is 5.10 Å². The van der Waals surface area contributed by atoms with Crippen LogP contribution >= 0.6 is 0 Å². The Kier molecular flexibility index (Phi) is 3.07. The minimum Gasteiger partial charge on any atom is -0.311 e. The average molecular weight is 165 g/mol. The zero-order valence-corrected chi connectivity index (χ0v) is 6.71. The summed E-state index contributed by atoms with van der Waals surface area (Å²) in [5.41, 5.74) is 0. The number of nitrogens with one attached hydrogen (secondary N) is 2. The lowest BCUT2D eigenvalue weighted by Crippen LogP contribution is -2.10. The number of carbonyl (C=O) groups is 1. The van der Waals surface area contributed by atoms with E-state index >= 15 is 0 Å². The number of aromatic amines is 1. The van der Waals surface area contributed by atoms with E-state index in [0.717, 1.165) is 0 Å². The molecule has 12 heavy (non-hydrogen) atoms. The molecule has 64 valence electrons. The van der Waals surface area contributed by atoms with Crippen molar-refractivity contribution >= 4 is 11.7 Å². The second kappa shape index (κ2) is 4.33. The minimum absolute atomic E-state index is 0.0286. The van der Waals surface area contributed by atoms with E-state index in [1.807, 2.05) is 0 Å². The van der Waals surface area contributed by atoms with Crippen LogP contribution in [0.15, 0.2) is 24.9 Å². The third-order valence-electron chi connectivity index (χ3n) is 1.35. The van der Waals surface area contributed by atoms with Crippen molar-refractivity contribution in [2.45, 2.75) is 12.8 Å². The first-order valence-corrected chi connectivity index (χ1v) is 3.73. The molecule has 0 fully saturated rings. The van der Waals surface area contributed by atoms with Gasteiger partial charge in [-0.05, 0) is 6.42 Å². The SMILES string of the molecule is C=CCCC(=O)Nc1ccn[nH]1. The number of hydrogen-bond donors (Lipinski definition) is 2. The van der Waals surface area contributed by atoms with Crippen LogP contribution < -0.4 is 5.32 Å². The molecule has 0 aliphatic heterocycles. The summed E-state index contributed by atoms with van der Waals surface area (Å²) in [5.74, 6) is 0.600. The summed E-state index contributed by atoms with van der Waals surface area (Å²) >= 11 is 0. The molecule has 0 bridgehead atoms. The van der Waals surface area contributed by atoms with Crippen LogP contribution in [0.3, 0.4) is 0 Å². The summed E-state index contributed by atoms with van der Waals surface area (Å²) in [6.07, 6.45) is 4.46. The number of rotatable bonds is 4. The summed E-state index contributed by atoms with van der Waals surface area (Å²) in [4.78, 5) is 11.1. The summed E-state index contributed by atoms with van der Waals surface area (Å²) in [6, 6.07) is 1.70. The highest BCUT2D eigenvalue weighted by Gasteiger charge is 2.00. The van der Waals surface area contributed by atoms with Gasteiger partial charge in [0.15, 0.2) is 0 Å². The Morgan fingerprint density at radius 2 is 2.67 bits per heavy atom. The maximum absolute atomic E-state index is 11.1. The predicted octanol–water partition coefficient (Wildman–Crippen LogP) is 1.31. The van der Waals surface area contributed by atoms with Gasteiger partial charge in [-0.3, -0.25) is 9.89 Å². The van der Waals surface area contributed by atoms with Gasteiger partial charge in [0, 0.05) is 12.5 Å². The van der Waals surface area contributed by atoms with Crippen LogP contribution in [0.4, 0.5) is 5.82 Å². The Labute approximate surface area is 70.7 Å². The lowest BCUT2D eigenvalue weighted by molar-refractivity contribution is -0.116. The first-order chi connectivity index (χ1) is 5.83. The lowest BCUT2D eigenvalue weighted by atomic mass is 10.3. The van der Waals surface area contributed by atoms with Gasteiger partial charge in [0.1, 0.15) is 5.82 Å². The Balaban J connectivity index is 2.32. The number of aromatic nitrogens is 2. The number of nitrogens with zero attached hydrogens (tertiary/aromatic N) is 1. The normalized spacial score (nSPS) is 9.33. The maximum atomic E-state index is 11.1. The van der Waals surface area contributed by atoms with Gasteiger partial charge in [-0.25, -0.2) is 0 Å². The van der Waals surface area contributed by atoms with Crippen molar-refractivity contribution in [1.82, 2.24) is 10.2 Å². The van der Waals surface area contributed by atoms with E-state index in [4.69, 9.17) is 0 Å². The molecule has 0 atom stereocenters. The molecule has 4 nitrogen and oxygen atoms in total. The molecule has 0 spiro atoms. The van der Waals surface area contributed by atoms with Gasteiger partial charge in [0.2, 0.25) is 5.91 Å². The van der Waals surface area contributed by atoms with Gasteiger partial charge in [0.05, 0.1) is 6.20 Å². The van der Waals surface area contributed by atoms with E-state index in [0.29, 0.717) is 18.7 Å². The molecule has 1 heterocycles. The Hall–Kier alpha value is -1.58. The minimum atomic E-state index is -0.0286. The Bertz CT molecular complexity index is 253. The van der Waals surface area contributed by atoms with Crippen molar-refractivity contribution < 1.29 is 4.79 Å². The largest absolute Gasteiger partial charge is 0.311 e. The molecule has 0 aliphatic carbocycles. The molecule has 0 aromatic carbocycles. The molecule has 1 aromatic rings. The highest BCUT2D eigenvalue weighted by molar-refractivity contribution is 5.89. The first kappa shape index (κ1) is 8.52. The van der Waals surface area contributed by atoms with E-state index in [9.17, 15) is 4.79 Å². The number of anilines is 1. The molecular formula is C8H11N3O. The van der Waals surface area contributed by atoms with Gasteiger partial charge < -0.3 is 5.32 Å². The fraction of sp³-hybridized carbons (Fsp3) is 0.250. The third kappa shape index (κ3) is 2.57. The zero-order valence-electron chi connectivity index (χ0n) is 6.71. The van der Waals surface area contributed by atoms with Gasteiger partial charge >= 0.3 is 0 Å². The summed E-state index contributed by atoms with van der Waals surface area (Å²) < 4.78 is 0. The fourth-order valence-electron chi connectivity index (χ4n) is 0.771. The predicted molar refractivity (Wildman–Crippen MR) is 46.6 cm³/mol. The smallest absolute Gasteiger partial charge is 0.225 e. The summed E-state index contributed by atoms with van der Waals surface area (Å²) in [6.45, 7) is 3.53. The monoisotopic (exact) mass is 165 g/mol. The van der Waals surface area contributed by atoms with Crippen LogP contribution in [0.1, 0.15) is 12.8 Å². The van der Waals surface area contributed by atoms with Crippen LogP contribution in [0.2, 0.25) is 0 Å². The summed E-state index contributed by atoms with van der Waals surface area (Å²) in [5, 5.41) is 8.98. The van der Waals surface area contributed by atoms with Crippen molar-refractivity contribution in [1.29, 1.82) is 0 Å². The van der Waals surface area contributed by atoms with Gasteiger partial charge in [-0.1, -0.05) is 6.08 Å². The van der Waals surface area contributed by atoms with E-state index in [-0.39, 0.29) is 5.91 Å². The van der Waals surface area contributed by atoms with Crippen LogP contribution in [-0.4, -0.2) is 16.1 Å². The second-order valence-electron chi connectivity index (χ2n) is 2.35. The van der Waals surface area contributed by atoms with Gasteiger partial charge in [0.25, 0.3) is 0 Å². The molecule has 2 N–H and O–H groups in total. The van der Waals surface area contributed by atoms with E-state index in [1.54, 1.807) is 18.3 Å². The number of H-pyrrole nitrogens is 1. The van der Waals surface area contributed by atoms with Crippen LogP contribution in [0.25, 0.3) is 0 Å². The average Bonchev–Trinajstić information content (AvgIpc) is 2.53. The van der Waals surface area contributed by atoms with E-state index in [1.165, 1.54) is 0 Å². The van der Waals surface area contributed by atoms with Crippen LogP contribution in [0.5, 0.6) is 0 Å². The van der Waals surface area contributed by atoms with Crippen molar-refractivity contribution in [3.05, 3.63) is 24.9 Å². The molecule has 0 saturated carbocycles. The lowest BCUT2D eigenvalue weighted by Gasteiger charge is -1.98. The first-order valence-electron chi connectivity index (χ1n) is 3.73. The topological polar surface area (TPSA) is 57.8 Å². The van der Waals surface area contributed by atoms with Crippen molar-refractivity contribution in [3.63, 3.8) is 0 Å². The molecule has 1 amide bonds. The highest BCUT2D eigenvalue weighted by Crippen LogP contribution is 2.00. The van der Waals surface area contributed by atoms with Crippen molar-refractivity contribution in [2.24, 2.45) is 0 Å². The standard InChI is InChI=1S/C8H11N3O/c1-2-3-4-8(12)10-7-5-6-9-11-7/h2,5-6H,1,3-4H2,(H2,9,10,11,12). The molecule has 1 aromatic heterocycles. The second-order valence-corrected chi connectivity index (χ2v) is 2.35. The zero-order chi connectivity index (χ0) is 8.81. The highest BCUT2D eigenvalue weighted by atomic mass is 16.1. The molecule has 0 aliphatic rings. The van der Waals surface area contributed by atoms with Crippen molar-refractivity contribution in [2.75, 3.05) is 5.32 Å². The maximum Gasteiger partial charge on any atom is 0.225 e. The molecule has 0 unspecified atom stereocenters. The molecule has 0 saturated heterocycles.